The minimum Gasteiger partial charge on any atom is -0.495 e. The number of anilines is 2. The maximum Gasteiger partial charge on any atom is 0.323 e. The Morgan fingerprint density at radius 2 is 2.00 bits per heavy atom. The third-order valence-electron chi connectivity index (χ3n) is 4.44. The highest BCUT2D eigenvalue weighted by Crippen LogP contribution is 2.38. The summed E-state index contributed by atoms with van der Waals surface area (Å²) >= 11 is 6.01. The normalized spacial score (nSPS) is 13.2. The van der Waals surface area contributed by atoms with E-state index in [0.29, 0.717) is 40.4 Å². The summed E-state index contributed by atoms with van der Waals surface area (Å²) in [5.41, 5.74) is 2.02. The molecule has 1 aromatic heterocycles. The number of rotatable bonds is 6. The molecule has 0 unspecified atom stereocenters. The van der Waals surface area contributed by atoms with Crippen molar-refractivity contribution in [1.29, 1.82) is 0 Å². The Bertz CT molecular complexity index is 1000. The molecule has 0 saturated heterocycles. The van der Waals surface area contributed by atoms with Crippen LogP contribution in [0.5, 0.6) is 5.75 Å². The first-order valence-corrected chi connectivity index (χ1v) is 9.32. The number of methoxy groups -OCH3 is 1. The van der Waals surface area contributed by atoms with Crippen LogP contribution < -0.4 is 15.4 Å². The van der Waals surface area contributed by atoms with E-state index in [1.165, 1.54) is 7.11 Å². The number of hydrogen-bond donors (Lipinski definition) is 2. The summed E-state index contributed by atoms with van der Waals surface area (Å²) in [7, 11) is 1.53. The molecule has 1 aliphatic carbocycles. The minimum atomic E-state index is -0.405. The van der Waals surface area contributed by atoms with Crippen molar-refractivity contribution in [1.82, 2.24) is 10.1 Å². The number of nitrogens with zero attached hydrogens (tertiary/aromatic N) is 2. The fourth-order valence-corrected chi connectivity index (χ4v) is 3.03. The molecule has 28 heavy (non-hydrogen) atoms. The second-order valence-electron chi connectivity index (χ2n) is 6.58. The number of benzene rings is 2. The Morgan fingerprint density at radius 1 is 1.21 bits per heavy atom. The lowest BCUT2D eigenvalue weighted by atomic mass is 10.1. The van der Waals surface area contributed by atoms with E-state index in [2.05, 4.69) is 20.8 Å². The van der Waals surface area contributed by atoms with E-state index < -0.39 is 6.03 Å². The third-order valence-corrected chi connectivity index (χ3v) is 4.68. The van der Waals surface area contributed by atoms with Gasteiger partial charge in [0.25, 0.3) is 0 Å². The van der Waals surface area contributed by atoms with Crippen molar-refractivity contribution in [3.8, 4) is 5.75 Å². The predicted octanol–water partition coefficient (Wildman–Crippen LogP) is 4.84. The van der Waals surface area contributed by atoms with Crippen LogP contribution in [0.4, 0.5) is 16.2 Å². The molecule has 1 fully saturated rings. The molecule has 7 nitrogen and oxygen atoms in total. The van der Waals surface area contributed by atoms with Crippen LogP contribution in [-0.4, -0.2) is 23.3 Å². The molecule has 0 spiro atoms. The molecule has 0 bridgehead atoms. The number of nitrogens with one attached hydrogen (secondary N) is 2. The molecule has 4 rings (SSSR count). The number of ether oxygens (including phenoxy) is 1. The van der Waals surface area contributed by atoms with Gasteiger partial charge in [0, 0.05) is 16.6 Å². The Labute approximate surface area is 167 Å². The van der Waals surface area contributed by atoms with Gasteiger partial charge in [-0.3, -0.25) is 0 Å². The van der Waals surface area contributed by atoms with Gasteiger partial charge in [-0.2, -0.15) is 4.98 Å². The number of carbonyl (C=O) groups is 1. The maximum absolute atomic E-state index is 12.5. The van der Waals surface area contributed by atoms with E-state index in [1.807, 2.05) is 24.3 Å². The molecule has 3 aromatic rings. The Morgan fingerprint density at radius 3 is 2.79 bits per heavy atom. The fourth-order valence-electron chi connectivity index (χ4n) is 2.86. The summed E-state index contributed by atoms with van der Waals surface area (Å²) in [6.07, 6.45) is 2.67. The molecule has 0 radical (unpaired) electrons. The molecule has 8 heteroatoms. The number of urea groups is 1. The zero-order valence-electron chi connectivity index (χ0n) is 15.2. The minimum absolute atomic E-state index is 0.405. The lowest BCUT2D eigenvalue weighted by molar-refractivity contribution is 0.262. The monoisotopic (exact) mass is 398 g/mol. The largest absolute Gasteiger partial charge is 0.495 e. The van der Waals surface area contributed by atoms with Crippen LogP contribution in [0.3, 0.4) is 0 Å². The zero-order chi connectivity index (χ0) is 19.5. The summed E-state index contributed by atoms with van der Waals surface area (Å²) in [6, 6.07) is 12.1. The zero-order valence-corrected chi connectivity index (χ0v) is 16.0. The van der Waals surface area contributed by atoms with Crippen LogP contribution in [0.25, 0.3) is 0 Å². The number of hydrogen-bond acceptors (Lipinski definition) is 5. The van der Waals surface area contributed by atoms with Gasteiger partial charge in [-0.25, -0.2) is 4.79 Å². The SMILES string of the molecule is COc1ccc(Cl)cc1NC(=O)Nc1ccccc1Cc1nc(C2CC2)no1. The summed E-state index contributed by atoms with van der Waals surface area (Å²) in [5.74, 6) is 2.26. The van der Waals surface area contributed by atoms with Gasteiger partial charge >= 0.3 is 6.03 Å². The van der Waals surface area contributed by atoms with Gasteiger partial charge in [0.05, 0.1) is 19.2 Å². The van der Waals surface area contributed by atoms with E-state index in [1.54, 1.807) is 18.2 Å². The quantitative estimate of drug-likeness (QED) is 0.619. The smallest absolute Gasteiger partial charge is 0.323 e. The Kier molecular flexibility index (Phi) is 5.16. The lowest BCUT2D eigenvalue weighted by Gasteiger charge is -2.13. The van der Waals surface area contributed by atoms with E-state index in [9.17, 15) is 4.79 Å². The summed E-state index contributed by atoms with van der Waals surface area (Å²) < 4.78 is 10.6. The number of carbonyl (C=O) groups excluding carboxylic acids is 1. The van der Waals surface area contributed by atoms with Gasteiger partial charge in [0.15, 0.2) is 5.82 Å². The van der Waals surface area contributed by atoms with Crippen molar-refractivity contribution in [2.75, 3.05) is 17.7 Å². The first-order valence-electron chi connectivity index (χ1n) is 8.94. The third kappa shape index (κ3) is 4.26. The number of para-hydroxylation sites is 1. The van der Waals surface area contributed by atoms with Crippen molar-refractivity contribution >= 4 is 29.0 Å². The molecule has 0 atom stereocenters. The molecule has 144 valence electrons. The van der Waals surface area contributed by atoms with E-state index >= 15 is 0 Å². The van der Waals surface area contributed by atoms with Crippen LogP contribution in [0.2, 0.25) is 5.02 Å². The van der Waals surface area contributed by atoms with Crippen molar-refractivity contribution in [2.24, 2.45) is 0 Å². The lowest BCUT2D eigenvalue weighted by Crippen LogP contribution is -2.20. The topological polar surface area (TPSA) is 89.3 Å². The van der Waals surface area contributed by atoms with Crippen molar-refractivity contribution in [3.05, 3.63) is 64.8 Å². The molecule has 2 N–H and O–H groups in total. The first-order chi connectivity index (χ1) is 13.6. The molecular weight excluding hydrogens is 380 g/mol. The Balaban J connectivity index is 1.47. The van der Waals surface area contributed by atoms with Gasteiger partial charge < -0.3 is 19.9 Å². The maximum atomic E-state index is 12.5. The second-order valence-corrected chi connectivity index (χ2v) is 7.01. The highest BCUT2D eigenvalue weighted by atomic mass is 35.5. The molecule has 2 amide bonds. The Hall–Kier alpha value is -3.06. The van der Waals surface area contributed by atoms with Crippen molar-refractivity contribution in [2.45, 2.75) is 25.2 Å². The molecule has 2 aromatic carbocycles. The van der Waals surface area contributed by atoms with Gasteiger partial charge in [0.1, 0.15) is 5.75 Å². The second kappa shape index (κ2) is 7.90. The number of aromatic nitrogens is 2. The molecule has 1 aliphatic rings. The molecule has 0 aliphatic heterocycles. The molecular formula is C20H19ClN4O3. The van der Waals surface area contributed by atoms with Crippen molar-refractivity contribution < 1.29 is 14.1 Å². The van der Waals surface area contributed by atoms with Crippen LogP contribution in [0.1, 0.15) is 36.0 Å². The van der Waals surface area contributed by atoms with Gasteiger partial charge in [-0.05, 0) is 42.7 Å². The van der Waals surface area contributed by atoms with E-state index in [-0.39, 0.29) is 0 Å². The van der Waals surface area contributed by atoms with Crippen molar-refractivity contribution in [3.63, 3.8) is 0 Å². The van der Waals surface area contributed by atoms with Gasteiger partial charge in [0.2, 0.25) is 5.89 Å². The van der Waals surface area contributed by atoms with Crippen LogP contribution >= 0.6 is 11.6 Å². The fraction of sp³-hybridized carbons (Fsp3) is 0.250. The summed E-state index contributed by atoms with van der Waals surface area (Å²) in [5, 5.41) is 10.1. The summed E-state index contributed by atoms with van der Waals surface area (Å²) in [4.78, 5) is 16.9. The van der Waals surface area contributed by atoms with Gasteiger partial charge in [-0.1, -0.05) is 35.0 Å². The number of amides is 2. The average molecular weight is 399 g/mol. The number of halogens is 1. The van der Waals surface area contributed by atoms with Crippen LogP contribution in [0.15, 0.2) is 47.0 Å². The molecule has 1 saturated carbocycles. The standard InChI is InChI=1S/C20H19ClN4O3/c1-27-17-9-8-14(21)11-16(17)23-20(26)22-15-5-3-2-4-13(15)10-18-24-19(25-28-18)12-6-7-12/h2-5,8-9,11-12H,6-7,10H2,1H3,(H2,22,23,26). The van der Waals surface area contributed by atoms with Gasteiger partial charge in [-0.15, -0.1) is 0 Å². The van der Waals surface area contributed by atoms with E-state index in [0.717, 1.165) is 24.2 Å². The average Bonchev–Trinajstić information content (AvgIpc) is 3.43. The molecule has 1 heterocycles. The summed E-state index contributed by atoms with van der Waals surface area (Å²) in [6.45, 7) is 0. The van der Waals surface area contributed by atoms with Crippen LogP contribution in [0, 0.1) is 0 Å². The highest BCUT2D eigenvalue weighted by molar-refractivity contribution is 6.31. The van der Waals surface area contributed by atoms with Crippen LogP contribution in [-0.2, 0) is 6.42 Å². The van der Waals surface area contributed by atoms with E-state index in [4.69, 9.17) is 20.9 Å². The highest BCUT2D eigenvalue weighted by Gasteiger charge is 2.28. The first kappa shape index (κ1) is 18.3. The predicted molar refractivity (Wildman–Crippen MR) is 106 cm³/mol.